The van der Waals surface area contributed by atoms with E-state index in [9.17, 15) is 19.2 Å². The van der Waals surface area contributed by atoms with Crippen LogP contribution in [0.4, 0.5) is 0 Å². The molecular formula is C20H31N3O11. The normalized spacial score (nSPS) is 23.8. The van der Waals surface area contributed by atoms with Crippen molar-refractivity contribution in [3.8, 4) is 0 Å². The number of nitrogens with zero attached hydrogens (tertiary/aromatic N) is 3. The van der Waals surface area contributed by atoms with Gasteiger partial charge in [0, 0.05) is 52.2 Å². The van der Waals surface area contributed by atoms with Crippen molar-refractivity contribution >= 4 is 23.9 Å². The predicted molar refractivity (Wildman–Crippen MR) is 112 cm³/mol. The average Bonchev–Trinajstić information content (AvgIpc) is 2.74. The third-order valence-electron chi connectivity index (χ3n) is 4.40. The summed E-state index contributed by atoms with van der Waals surface area (Å²) in [4.78, 5) is 49.2. The highest BCUT2D eigenvalue weighted by Gasteiger charge is 2.51. The van der Waals surface area contributed by atoms with Gasteiger partial charge in [-0.3, -0.25) is 19.2 Å². The van der Waals surface area contributed by atoms with E-state index < -0.39 is 54.4 Å². The van der Waals surface area contributed by atoms with Crippen molar-refractivity contribution < 1.29 is 52.3 Å². The van der Waals surface area contributed by atoms with E-state index in [0.29, 0.717) is 0 Å². The number of ether oxygens (including phenoxy) is 7. The number of rotatable bonds is 14. The molecule has 0 amide bonds. The minimum absolute atomic E-state index is 0.160. The van der Waals surface area contributed by atoms with Crippen molar-refractivity contribution in [2.24, 2.45) is 5.11 Å². The maximum atomic E-state index is 11.8. The summed E-state index contributed by atoms with van der Waals surface area (Å²) in [5, 5.41) is 3.34. The van der Waals surface area contributed by atoms with Crippen LogP contribution in [0.25, 0.3) is 10.4 Å². The van der Waals surface area contributed by atoms with Gasteiger partial charge in [-0.15, -0.1) is 0 Å². The van der Waals surface area contributed by atoms with E-state index in [2.05, 4.69) is 10.0 Å². The number of carbonyl (C=O) groups excluding carboxylic acids is 4. The van der Waals surface area contributed by atoms with Gasteiger partial charge in [0.15, 0.2) is 18.3 Å². The van der Waals surface area contributed by atoms with Crippen LogP contribution in [0.3, 0.4) is 0 Å². The Kier molecular flexibility index (Phi) is 13.5. The first-order valence-electron chi connectivity index (χ1n) is 10.6. The zero-order chi connectivity index (χ0) is 25.5. The van der Waals surface area contributed by atoms with E-state index in [1.807, 2.05) is 0 Å². The van der Waals surface area contributed by atoms with E-state index in [1.165, 1.54) is 13.8 Å². The molecule has 0 aromatic rings. The fourth-order valence-electron chi connectivity index (χ4n) is 3.22. The van der Waals surface area contributed by atoms with Crippen LogP contribution in [-0.2, 0) is 52.3 Å². The first-order valence-corrected chi connectivity index (χ1v) is 10.6. The summed E-state index contributed by atoms with van der Waals surface area (Å²) in [6.45, 7) is 5.54. The molecule has 0 spiro atoms. The number of carbonyl (C=O) groups is 4. The fraction of sp³-hybridized carbons (Fsp3) is 0.800. The Morgan fingerprint density at radius 3 is 1.82 bits per heavy atom. The Bertz CT molecular complexity index is 741. The van der Waals surface area contributed by atoms with Crippen LogP contribution in [0.15, 0.2) is 5.11 Å². The summed E-state index contributed by atoms with van der Waals surface area (Å²) in [6.07, 6.45) is -5.11. The summed E-state index contributed by atoms with van der Waals surface area (Å²) >= 11 is 0. The van der Waals surface area contributed by atoms with Gasteiger partial charge in [-0.25, -0.2) is 0 Å². The Labute approximate surface area is 196 Å². The van der Waals surface area contributed by atoms with Gasteiger partial charge < -0.3 is 33.2 Å². The molecule has 1 aliphatic heterocycles. The van der Waals surface area contributed by atoms with Gasteiger partial charge in [0.2, 0.25) is 0 Å². The molecule has 5 atom stereocenters. The summed E-state index contributed by atoms with van der Waals surface area (Å²) in [6, 6.07) is 0. The molecule has 5 unspecified atom stereocenters. The van der Waals surface area contributed by atoms with Crippen molar-refractivity contribution in [3.05, 3.63) is 10.4 Å². The SMILES string of the molecule is CC(=O)OCC1OC(CCOCCOCCN=[N+]=[N-])C(OC(C)=O)C(OC(C)=O)C1OC(C)=O. The van der Waals surface area contributed by atoms with Crippen molar-refractivity contribution in [2.45, 2.75) is 64.6 Å². The van der Waals surface area contributed by atoms with Crippen LogP contribution in [0.1, 0.15) is 34.1 Å². The van der Waals surface area contributed by atoms with Gasteiger partial charge in [0.25, 0.3) is 0 Å². The lowest BCUT2D eigenvalue weighted by atomic mass is 9.92. The van der Waals surface area contributed by atoms with Gasteiger partial charge in [-0.1, -0.05) is 5.11 Å². The summed E-state index contributed by atoms with van der Waals surface area (Å²) in [5.74, 6) is -2.63. The lowest BCUT2D eigenvalue weighted by Crippen LogP contribution is -2.62. The zero-order valence-electron chi connectivity index (χ0n) is 19.7. The summed E-state index contributed by atoms with van der Waals surface area (Å²) in [5.41, 5.74) is 8.20. The third-order valence-corrected chi connectivity index (χ3v) is 4.40. The first kappa shape index (κ1) is 29.1. The monoisotopic (exact) mass is 489 g/mol. The quantitative estimate of drug-likeness (QED) is 0.0842. The topological polar surface area (TPSA) is 182 Å². The van der Waals surface area contributed by atoms with E-state index in [1.54, 1.807) is 0 Å². The van der Waals surface area contributed by atoms with E-state index >= 15 is 0 Å². The Hall–Kier alpha value is -2.93. The van der Waals surface area contributed by atoms with Crippen LogP contribution in [0, 0.1) is 0 Å². The van der Waals surface area contributed by atoms with Gasteiger partial charge >= 0.3 is 23.9 Å². The van der Waals surface area contributed by atoms with E-state index in [4.69, 9.17) is 38.7 Å². The van der Waals surface area contributed by atoms with Crippen LogP contribution >= 0.6 is 0 Å². The number of esters is 4. The number of azide groups is 1. The maximum Gasteiger partial charge on any atom is 0.303 e. The fourth-order valence-corrected chi connectivity index (χ4v) is 3.22. The van der Waals surface area contributed by atoms with Gasteiger partial charge in [-0.05, 0) is 5.53 Å². The Morgan fingerprint density at radius 1 is 0.765 bits per heavy atom. The second-order valence-corrected chi connectivity index (χ2v) is 7.21. The predicted octanol–water partition coefficient (Wildman–Crippen LogP) is 0.846. The molecule has 1 rings (SSSR count). The number of hydrogen-bond acceptors (Lipinski definition) is 12. The van der Waals surface area contributed by atoms with Crippen LogP contribution in [-0.4, -0.2) is 94.0 Å². The summed E-state index contributed by atoms with van der Waals surface area (Å²) < 4.78 is 37.8. The third kappa shape index (κ3) is 11.3. The van der Waals surface area contributed by atoms with Crippen LogP contribution in [0.5, 0.6) is 0 Å². The zero-order valence-corrected chi connectivity index (χ0v) is 19.7. The highest BCUT2D eigenvalue weighted by Crippen LogP contribution is 2.30. The van der Waals surface area contributed by atoms with E-state index in [-0.39, 0.29) is 46.0 Å². The molecule has 0 radical (unpaired) electrons. The number of hydrogen-bond donors (Lipinski definition) is 0. The molecule has 192 valence electrons. The van der Waals surface area contributed by atoms with Crippen molar-refractivity contribution in [1.29, 1.82) is 0 Å². The molecule has 0 aliphatic carbocycles. The minimum Gasteiger partial charge on any atom is -0.463 e. The lowest BCUT2D eigenvalue weighted by molar-refractivity contribution is -0.254. The molecule has 14 heteroatoms. The standard InChI is InChI=1S/C20H31N3O11/c1-12(24)30-11-17-19(32-14(3)26)20(33-15(4)27)18(31-13(2)25)16(34-17)5-7-28-9-10-29-8-6-22-23-21/h16-20H,5-11H2,1-4H3. The highest BCUT2D eigenvalue weighted by molar-refractivity contribution is 5.68. The Morgan fingerprint density at radius 2 is 1.29 bits per heavy atom. The minimum atomic E-state index is -1.20. The first-order chi connectivity index (χ1) is 16.1. The van der Waals surface area contributed by atoms with Crippen LogP contribution in [0.2, 0.25) is 0 Å². The smallest absolute Gasteiger partial charge is 0.303 e. The molecular weight excluding hydrogens is 458 g/mol. The molecule has 0 aromatic heterocycles. The van der Waals surface area contributed by atoms with Gasteiger partial charge in [0.05, 0.1) is 19.8 Å². The second kappa shape index (κ2) is 15.8. The van der Waals surface area contributed by atoms with Crippen LogP contribution < -0.4 is 0 Å². The molecule has 0 aromatic carbocycles. The molecule has 0 N–H and O–H groups in total. The molecule has 34 heavy (non-hydrogen) atoms. The van der Waals surface area contributed by atoms with Gasteiger partial charge in [0.1, 0.15) is 18.8 Å². The second-order valence-electron chi connectivity index (χ2n) is 7.21. The largest absolute Gasteiger partial charge is 0.463 e. The maximum absolute atomic E-state index is 11.8. The highest BCUT2D eigenvalue weighted by atomic mass is 16.7. The lowest BCUT2D eigenvalue weighted by Gasteiger charge is -2.44. The van der Waals surface area contributed by atoms with E-state index in [0.717, 1.165) is 13.8 Å². The molecule has 1 heterocycles. The van der Waals surface area contributed by atoms with Crippen molar-refractivity contribution in [3.63, 3.8) is 0 Å². The molecule has 0 bridgehead atoms. The van der Waals surface area contributed by atoms with Gasteiger partial charge in [-0.2, -0.15) is 0 Å². The summed E-state index contributed by atoms with van der Waals surface area (Å²) in [7, 11) is 0. The average molecular weight is 489 g/mol. The molecule has 1 aliphatic rings. The molecule has 1 fully saturated rings. The molecule has 1 saturated heterocycles. The molecule has 0 saturated carbocycles. The van der Waals surface area contributed by atoms with Crippen molar-refractivity contribution in [2.75, 3.05) is 39.6 Å². The Balaban J connectivity index is 2.91. The molecule has 14 nitrogen and oxygen atoms in total. The van der Waals surface area contributed by atoms with Crippen molar-refractivity contribution in [1.82, 2.24) is 0 Å².